The standard InChI is InChI=1S/C12H16BrF2NO/c1-2-16-4-6-17-5-3-9-7-12(15)10(13)8-11(9)14/h7-8,16H,2-6H2,1H3. The molecule has 0 heterocycles. The molecule has 1 aromatic rings. The van der Waals surface area contributed by atoms with E-state index in [2.05, 4.69) is 21.2 Å². The first-order valence-electron chi connectivity index (χ1n) is 5.57. The van der Waals surface area contributed by atoms with E-state index >= 15 is 0 Å². The summed E-state index contributed by atoms with van der Waals surface area (Å²) in [6, 6.07) is 2.34. The lowest BCUT2D eigenvalue weighted by molar-refractivity contribution is 0.138. The fourth-order valence-electron chi connectivity index (χ4n) is 1.36. The van der Waals surface area contributed by atoms with E-state index < -0.39 is 11.6 Å². The van der Waals surface area contributed by atoms with Crippen molar-refractivity contribution in [3.05, 3.63) is 33.8 Å². The highest BCUT2D eigenvalue weighted by molar-refractivity contribution is 9.10. The Balaban J connectivity index is 2.34. The van der Waals surface area contributed by atoms with E-state index in [0.717, 1.165) is 19.2 Å². The molecule has 0 spiro atoms. The molecule has 0 bridgehead atoms. The average molecular weight is 308 g/mol. The maximum atomic E-state index is 13.4. The first kappa shape index (κ1) is 14.5. The molecule has 5 heteroatoms. The lowest BCUT2D eigenvalue weighted by Gasteiger charge is -2.06. The zero-order chi connectivity index (χ0) is 12.7. The number of benzene rings is 1. The Bertz CT molecular complexity index is 361. The second-order valence-electron chi connectivity index (χ2n) is 3.57. The van der Waals surface area contributed by atoms with Crippen LogP contribution in [0.25, 0.3) is 0 Å². The van der Waals surface area contributed by atoms with E-state index in [0.29, 0.717) is 25.2 Å². The van der Waals surface area contributed by atoms with Crippen LogP contribution in [0.2, 0.25) is 0 Å². The summed E-state index contributed by atoms with van der Waals surface area (Å²) in [7, 11) is 0. The van der Waals surface area contributed by atoms with Crippen molar-refractivity contribution < 1.29 is 13.5 Å². The summed E-state index contributed by atoms with van der Waals surface area (Å²) in [6.45, 7) is 4.65. The van der Waals surface area contributed by atoms with Crippen molar-refractivity contribution in [2.75, 3.05) is 26.3 Å². The van der Waals surface area contributed by atoms with Gasteiger partial charge in [0, 0.05) is 6.54 Å². The van der Waals surface area contributed by atoms with Crippen molar-refractivity contribution in [3.63, 3.8) is 0 Å². The lowest BCUT2D eigenvalue weighted by atomic mass is 10.1. The summed E-state index contributed by atoms with van der Waals surface area (Å²) in [6.07, 6.45) is 0.377. The summed E-state index contributed by atoms with van der Waals surface area (Å²) >= 11 is 2.94. The number of rotatable bonds is 7. The maximum Gasteiger partial charge on any atom is 0.137 e. The van der Waals surface area contributed by atoms with E-state index in [1.54, 1.807) is 0 Å². The Morgan fingerprint density at radius 2 is 2.00 bits per heavy atom. The minimum absolute atomic E-state index is 0.145. The van der Waals surface area contributed by atoms with Gasteiger partial charge in [0.25, 0.3) is 0 Å². The highest BCUT2D eigenvalue weighted by Gasteiger charge is 2.07. The number of nitrogens with one attached hydrogen (secondary N) is 1. The van der Waals surface area contributed by atoms with Crippen LogP contribution in [0, 0.1) is 11.6 Å². The molecule has 0 aliphatic rings. The van der Waals surface area contributed by atoms with Gasteiger partial charge in [0.1, 0.15) is 11.6 Å². The molecular formula is C12H16BrF2NO. The van der Waals surface area contributed by atoms with Gasteiger partial charge in [-0.2, -0.15) is 0 Å². The van der Waals surface area contributed by atoms with Crippen LogP contribution in [0.3, 0.4) is 0 Å². The van der Waals surface area contributed by atoms with Crippen LogP contribution in [0.15, 0.2) is 16.6 Å². The Labute approximate surface area is 108 Å². The molecule has 1 N–H and O–H groups in total. The number of halogens is 3. The van der Waals surface area contributed by atoms with Gasteiger partial charge >= 0.3 is 0 Å². The quantitative estimate of drug-likeness (QED) is 0.618. The van der Waals surface area contributed by atoms with E-state index in [9.17, 15) is 8.78 Å². The van der Waals surface area contributed by atoms with Gasteiger partial charge in [0.2, 0.25) is 0 Å². The van der Waals surface area contributed by atoms with Gasteiger partial charge in [-0.15, -0.1) is 0 Å². The lowest BCUT2D eigenvalue weighted by Crippen LogP contribution is -2.19. The Morgan fingerprint density at radius 1 is 1.24 bits per heavy atom. The van der Waals surface area contributed by atoms with Crippen LogP contribution in [0.5, 0.6) is 0 Å². The molecule has 0 atom stereocenters. The first-order chi connectivity index (χ1) is 8.15. The van der Waals surface area contributed by atoms with E-state index in [4.69, 9.17) is 4.74 Å². The smallest absolute Gasteiger partial charge is 0.137 e. The van der Waals surface area contributed by atoms with Gasteiger partial charge in [-0.05, 0) is 46.6 Å². The Kier molecular flexibility index (Phi) is 6.62. The van der Waals surface area contributed by atoms with Crippen molar-refractivity contribution in [3.8, 4) is 0 Å². The molecule has 0 saturated carbocycles. The van der Waals surface area contributed by atoms with Crippen LogP contribution in [-0.4, -0.2) is 26.3 Å². The molecule has 0 aliphatic heterocycles. The van der Waals surface area contributed by atoms with Crippen LogP contribution in [0.4, 0.5) is 8.78 Å². The third-order valence-electron chi connectivity index (χ3n) is 2.28. The third kappa shape index (κ3) is 5.10. The average Bonchev–Trinajstić information content (AvgIpc) is 2.30. The van der Waals surface area contributed by atoms with Crippen LogP contribution >= 0.6 is 15.9 Å². The molecule has 0 fully saturated rings. The molecule has 2 nitrogen and oxygen atoms in total. The molecule has 0 radical (unpaired) electrons. The molecule has 0 amide bonds. The minimum Gasteiger partial charge on any atom is -0.380 e. The van der Waals surface area contributed by atoms with Gasteiger partial charge in [-0.1, -0.05) is 6.92 Å². The largest absolute Gasteiger partial charge is 0.380 e. The highest BCUT2D eigenvalue weighted by atomic mass is 79.9. The van der Waals surface area contributed by atoms with Crippen LogP contribution in [0.1, 0.15) is 12.5 Å². The topological polar surface area (TPSA) is 21.3 Å². The van der Waals surface area contributed by atoms with Crippen molar-refractivity contribution in [1.82, 2.24) is 5.32 Å². The molecule has 17 heavy (non-hydrogen) atoms. The monoisotopic (exact) mass is 307 g/mol. The SMILES string of the molecule is CCNCCOCCc1cc(F)c(Br)cc1F. The predicted molar refractivity (Wildman–Crippen MR) is 67.1 cm³/mol. The zero-order valence-corrected chi connectivity index (χ0v) is 11.3. The van der Waals surface area contributed by atoms with E-state index in [-0.39, 0.29) is 4.47 Å². The van der Waals surface area contributed by atoms with Crippen molar-refractivity contribution >= 4 is 15.9 Å². The van der Waals surface area contributed by atoms with Gasteiger partial charge in [-0.3, -0.25) is 0 Å². The van der Waals surface area contributed by atoms with Crippen LogP contribution < -0.4 is 5.32 Å². The Morgan fingerprint density at radius 3 is 2.71 bits per heavy atom. The second kappa shape index (κ2) is 7.74. The molecule has 1 rings (SSSR count). The summed E-state index contributed by atoms with van der Waals surface area (Å²) < 4.78 is 32.0. The zero-order valence-electron chi connectivity index (χ0n) is 9.73. The molecule has 0 unspecified atom stereocenters. The third-order valence-corrected chi connectivity index (χ3v) is 2.89. The summed E-state index contributed by atoms with van der Waals surface area (Å²) in [5, 5.41) is 3.11. The van der Waals surface area contributed by atoms with Gasteiger partial charge < -0.3 is 10.1 Å². The maximum absolute atomic E-state index is 13.4. The number of hydrogen-bond donors (Lipinski definition) is 1. The molecule has 0 saturated heterocycles. The molecule has 96 valence electrons. The molecule has 0 aromatic heterocycles. The van der Waals surface area contributed by atoms with E-state index in [1.165, 1.54) is 6.07 Å². The number of hydrogen-bond acceptors (Lipinski definition) is 2. The second-order valence-corrected chi connectivity index (χ2v) is 4.43. The number of likely N-dealkylation sites (N-methyl/N-ethyl adjacent to an activating group) is 1. The van der Waals surface area contributed by atoms with E-state index in [1.807, 2.05) is 6.92 Å². The highest BCUT2D eigenvalue weighted by Crippen LogP contribution is 2.20. The fourth-order valence-corrected chi connectivity index (χ4v) is 1.68. The van der Waals surface area contributed by atoms with Crippen molar-refractivity contribution in [2.24, 2.45) is 0 Å². The number of ether oxygens (including phenoxy) is 1. The summed E-state index contributed by atoms with van der Waals surface area (Å²) in [5.41, 5.74) is 0.342. The van der Waals surface area contributed by atoms with Crippen molar-refractivity contribution in [1.29, 1.82) is 0 Å². The summed E-state index contributed by atoms with van der Waals surface area (Å²) in [4.78, 5) is 0. The van der Waals surface area contributed by atoms with Gasteiger partial charge in [0.05, 0.1) is 17.7 Å². The van der Waals surface area contributed by atoms with Crippen LogP contribution in [-0.2, 0) is 11.2 Å². The first-order valence-corrected chi connectivity index (χ1v) is 6.36. The normalized spacial score (nSPS) is 10.8. The molecule has 0 aliphatic carbocycles. The summed E-state index contributed by atoms with van der Waals surface area (Å²) in [5.74, 6) is -0.859. The van der Waals surface area contributed by atoms with Gasteiger partial charge in [-0.25, -0.2) is 8.78 Å². The Hall–Kier alpha value is -0.520. The predicted octanol–water partition coefficient (Wildman–Crippen LogP) is 2.90. The molecule has 1 aromatic carbocycles. The fraction of sp³-hybridized carbons (Fsp3) is 0.500. The molecular weight excluding hydrogens is 292 g/mol. The van der Waals surface area contributed by atoms with Crippen molar-refractivity contribution in [2.45, 2.75) is 13.3 Å². The van der Waals surface area contributed by atoms with Gasteiger partial charge in [0.15, 0.2) is 0 Å². The minimum atomic E-state index is -0.450.